The molecule has 0 radical (unpaired) electrons. The van der Waals surface area contributed by atoms with Gasteiger partial charge >= 0.3 is 10.4 Å². The highest BCUT2D eigenvalue weighted by Gasteiger charge is 1.85. The highest BCUT2D eigenvalue weighted by Crippen LogP contribution is 1.73. The van der Waals surface area contributed by atoms with Crippen LogP contribution < -0.4 is 0 Å². The summed E-state index contributed by atoms with van der Waals surface area (Å²) in [7, 11) is -4.67. The van der Waals surface area contributed by atoms with Crippen molar-refractivity contribution in [3.8, 4) is 0 Å². The first-order chi connectivity index (χ1) is 4.81. The van der Waals surface area contributed by atoms with Crippen molar-refractivity contribution in [3.63, 3.8) is 0 Å². The Morgan fingerprint density at radius 1 is 1.18 bits per heavy atom. The Morgan fingerprint density at radius 2 is 1.36 bits per heavy atom. The fourth-order valence-electron chi connectivity index (χ4n) is 0.224. The van der Waals surface area contributed by atoms with Crippen molar-refractivity contribution in [3.05, 3.63) is 0 Å². The predicted molar refractivity (Wildman–Crippen MR) is 38.9 cm³/mol. The first-order valence-electron chi connectivity index (χ1n) is 2.95. The molecule has 11 heavy (non-hydrogen) atoms. The lowest BCUT2D eigenvalue weighted by atomic mass is 10.6. The minimum Gasteiger partial charge on any atom is -0.314 e. The van der Waals surface area contributed by atoms with E-state index in [1.54, 1.807) is 0 Å². The zero-order chi connectivity index (χ0) is 9.49. The van der Waals surface area contributed by atoms with Gasteiger partial charge in [-0.05, 0) is 0 Å². The first-order valence-corrected chi connectivity index (χ1v) is 4.34. The molecule has 0 saturated carbocycles. The maximum Gasteiger partial charge on any atom is 0.394 e. The van der Waals surface area contributed by atoms with Gasteiger partial charge in [0, 0.05) is 13.1 Å². The molecule has 0 bridgehead atoms. The van der Waals surface area contributed by atoms with E-state index in [9.17, 15) is 0 Å². The molecular formula is C4H13NO5S. The number of hydrogen-bond donors (Lipinski definition) is 3. The number of rotatable bonds is 2. The Bertz CT molecular complexity index is 153. The molecule has 0 fully saturated rings. The quantitative estimate of drug-likeness (QED) is 0.418. The van der Waals surface area contributed by atoms with Crippen LogP contribution >= 0.6 is 0 Å². The minimum absolute atomic E-state index is 0.719. The molecule has 0 heterocycles. The Kier molecular flexibility index (Phi) is 7.91. The van der Waals surface area contributed by atoms with Crippen molar-refractivity contribution in [2.45, 2.75) is 13.8 Å². The average Bonchev–Trinajstić information content (AvgIpc) is 1.83. The lowest BCUT2D eigenvalue weighted by Gasteiger charge is -2.05. The standard InChI is InChI=1S/C4H11NO.H2O4S/c1-3-5(6)4-2;1-5(2,3)4/h6H,3-4H2,1-2H3;(H2,1,2,3,4). The third-order valence-electron chi connectivity index (χ3n) is 0.730. The maximum absolute atomic E-state index is 8.74. The smallest absolute Gasteiger partial charge is 0.314 e. The topological polar surface area (TPSA) is 98.1 Å². The fraction of sp³-hybridized carbons (Fsp3) is 1.00. The van der Waals surface area contributed by atoms with Crippen LogP contribution in [-0.2, 0) is 10.4 Å². The molecule has 0 atom stereocenters. The highest BCUT2D eigenvalue weighted by molar-refractivity contribution is 7.79. The van der Waals surface area contributed by atoms with Crippen molar-refractivity contribution < 1.29 is 22.7 Å². The molecule has 7 heteroatoms. The third kappa shape index (κ3) is 41.4. The van der Waals surface area contributed by atoms with Crippen LogP contribution in [0.3, 0.4) is 0 Å². The van der Waals surface area contributed by atoms with E-state index in [-0.39, 0.29) is 0 Å². The van der Waals surface area contributed by atoms with E-state index < -0.39 is 10.4 Å². The van der Waals surface area contributed by atoms with Crippen LogP contribution in [0, 0.1) is 0 Å². The summed E-state index contributed by atoms with van der Waals surface area (Å²) in [4.78, 5) is 0. The van der Waals surface area contributed by atoms with Crippen molar-refractivity contribution in [2.75, 3.05) is 13.1 Å². The monoisotopic (exact) mass is 187 g/mol. The predicted octanol–water partition coefficient (Wildman–Crippen LogP) is 0.0646. The molecule has 0 aromatic carbocycles. The van der Waals surface area contributed by atoms with E-state index in [0.717, 1.165) is 13.1 Å². The fourth-order valence-corrected chi connectivity index (χ4v) is 0.224. The van der Waals surface area contributed by atoms with Gasteiger partial charge in [-0.2, -0.15) is 13.5 Å². The average molecular weight is 187 g/mol. The largest absolute Gasteiger partial charge is 0.394 e. The Hall–Kier alpha value is -0.210. The van der Waals surface area contributed by atoms with Crippen LogP contribution in [0.1, 0.15) is 13.8 Å². The summed E-state index contributed by atoms with van der Waals surface area (Å²) < 4.78 is 31.6. The summed E-state index contributed by atoms with van der Waals surface area (Å²) in [5.74, 6) is 0. The lowest BCUT2D eigenvalue weighted by Crippen LogP contribution is -2.16. The van der Waals surface area contributed by atoms with E-state index in [1.165, 1.54) is 5.06 Å². The van der Waals surface area contributed by atoms with Crippen molar-refractivity contribution >= 4 is 10.4 Å². The molecule has 6 nitrogen and oxygen atoms in total. The molecule has 0 aliphatic carbocycles. The summed E-state index contributed by atoms with van der Waals surface area (Å²) in [5.41, 5.74) is 0. The Labute approximate surface area is 66.0 Å². The van der Waals surface area contributed by atoms with Crippen LogP contribution in [0.25, 0.3) is 0 Å². The van der Waals surface area contributed by atoms with Gasteiger partial charge in [-0.25, -0.2) is 0 Å². The number of hydrogen-bond acceptors (Lipinski definition) is 4. The van der Waals surface area contributed by atoms with Gasteiger partial charge in [0.25, 0.3) is 0 Å². The van der Waals surface area contributed by atoms with Gasteiger partial charge in [-0.1, -0.05) is 13.8 Å². The van der Waals surface area contributed by atoms with E-state index in [0.29, 0.717) is 0 Å². The molecule has 0 aliphatic rings. The van der Waals surface area contributed by atoms with E-state index in [1.807, 2.05) is 13.8 Å². The molecule has 0 spiro atoms. The van der Waals surface area contributed by atoms with E-state index in [2.05, 4.69) is 0 Å². The molecule has 0 aromatic heterocycles. The van der Waals surface area contributed by atoms with Crippen molar-refractivity contribution in [1.29, 1.82) is 0 Å². The zero-order valence-electron chi connectivity index (χ0n) is 6.43. The zero-order valence-corrected chi connectivity index (χ0v) is 7.24. The molecular weight excluding hydrogens is 174 g/mol. The molecule has 0 amide bonds. The molecule has 0 aliphatic heterocycles. The minimum atomic E-state index is -4.67. The lowest BCUT2D eigenvalue weighted by molar-refractivity contribution is -0.0813. The molecule has 0 unspecified atom stereocenters. The van der Waals surface area contributed by atoms with Gasteiger partial charge < -0.3 is 5.21 Å². The van der Waals surface area contributed by atoms with Gasteiger partial charge in [0.15, 0.2) is 0 Å². The van der Waals surface area contributed by atoms with Gasteiger partial charge in [0.1, 0.15) is 0 Å². The Balaban J connectivity index is 0. The molecule has 70 valence electrons. The third-order valence-corrected chi connectivity index (χ3v) is 0.730. The van der Waals surface area contributed by atoms with Crippen LogP contribution in [0.2, 0.25) is 0 Å². The van der Waals surface area contributed by atoms with Gasteiger partial charge in [0.05, 0.1) is 0 Å². The SMILES string of the molecule is CCN(O)CC.O=S(=O)(O)O. The normalized spacial score (nSPS) is 10.7. The molecule has 0 saturated heterocycles. The number of hydroxylamine groups is 2. The van der Waals surface area contributed by atoms with Crippen LogP contribution in [0.4, 0.5) is 0 Å². The van der Waals surface area contributed by atoms with E-state index >= 15 is 0 Å². The summed E-state index contributed by atoms with van der Waals surface area (Å²) in [6, 6.07) is 0. The van der Waals surface area contributed by atoms with Crippen LogP contribution in [-0.4, -0.2) is 40.9 Å². The number of nitrogens with zero attached hydrogens (tertiary/aromatic N) is 1. The summed E-state index contributed by atoms with van der Waals surface area (Å²) in [6.45, 7) is 5.25. The first kappa shape index (κ1) is 13.4. The van der Waals surface area contributed by atoms with Crippen molar-refractivity contribution in [1.82, 2.24) is 5.06 Å². The van der Waals surface area contributed by atoms with Gasteiger partial charge in [-0.15, -0.1) is 0 Å². The van der Waals surface area contributed by atoms with Crippen LogP contribution in [0.5, 0.6) is 0 Å². The van der Waals surface area contributed by atoms with Gasteiger partial charge in [-0.3, -0.25) is 9.11 Å². The molecule has 0 rings (SSSR count). The summed E-state index contributed by atoms with van der Waals surface area (Å²) in [6.07, 6.45) is 0. The Morgan fingerprint density at radius 3 is 1.36 bits per heavy atom. The highest BCUT2D eigenvalue weighted by atomic mass is 32.3. The van der Waals surface area contributed by atoms with E-state index in [4.69, 9.17) is 22.7 Å². The second kappa shape index (κ2) is 6.50. The van der Waals surface area contributed by atoms with Gasteiger partial charge in [0.2, 0.25) is 0 Å². The second-order valence-electron chi connectivity index (χ2n) is 1.59. The van der Waals surface area contributed by atoms with Crippen molar-refractivity contribution in [2.24, 2.45) is 0 Å². The summed E-state index contributed by atoms with van der Waals surface area (Å²) >= 11 is 0. The maximum atomic E-state index is 8.74. The summed E-state index contributed by atoms with van der Waals surface area (Å²) in [5, 5.41) is 9.75. The molecule has 3 N–H and O–H groups in total. The van der Waals surface area contributed by atoms with Crippen LogP contribution in [0.15, 0.2) is 0 Å². The molecule has 0 aromatic rings. The second-order valence-corrected chi connectivity index (χ2v) is 2.48.